The Balaban J connectivity index is 2.10. The molecule has 0 radical (unpaired) electrons. The summed E-state index contributed by atoms with van der Waals surface area (Å²) in [4.78, 5) is 16.3. The van der Waals surface area contributed by atoms with Crippen LogP contribution in [0.1, 0.15) is 30.0 Å². The zero-order chi connectivity index (χ0) is 13.1. The van der Waals surface area contributed by atoms with Crippen LogP contribution in [-0.2, 0) is 4.74 Å². The van der Waals surface area contributed by atoms with Crippen molar-refractivity contribution >= 4 is 6.09 Å². The minimum atomic E-state index is -0.783. The molecule has 0 aromatic carbocycles. The number of rotatable bonds is 3. The quantitative estimate of drug-likeness (QED) is 0.833. The summed E-state index contributed by atoms with van der Waals surface area (Å²) < 4.78 is 17.9. The highest BCUT2D eigenvalue weighted by molar-refractivity contribution is 5.64. The van der Waals surface area contributed by atoms with E-state index in [-0.39, 0.29) is 12.8 Å². The van der Waals surface area contributed by atoms with Gasteiger partial charge in [-0.25, -0.2) is 9.78 Å². The van der Waals surface area contributed by atoms with Gasteiger partial charge in [0, 0.05) is 24.3 Å². The van der Waals surface area contributed by atoms with Crippen LogP contribution >= 0.6 is 0 Å². The molecule has 98 valence electrons. The Hall–Kier alpha value is -1.69. The molecule has 0 aliphatic carbocycles. The van der Waals surface area contributed by atoms with Gasteiger partial charge in [0.1, 0.15) is 6.73 Å². The van der Waals surface area contributed by atoms with Crippen LogP contribution < -0.4 is 5.73 Å². The molecule has 0 bridgehead atoms. The van der Waals surface area contributed by atoms with Crippen molar-refractivity contribution in [2.75, 3.05) is 13.3 Å². The maximum atomic E-state index is 13.1. The van der Waals surface area contributed by atoms with E-state index in [1.54, 1.807) is 13.0 Å². The molecule has 0 saturated carbocycles. The number of nitrogens with zero attached hydrogens (tertiary/aromatic N) is 2. The number of aryl methyl sites for hydroxylation is 1. The lowest BCUT2D eigenvalue weighted by Gasteiger charge is -2.23. The lowest BCUT2D eigenvalue weighted by molar-refractivity contribution is 0.0670. The maximum Gasteiger partial charge on any atom is 0.405 e. The second-order valence-electron chi connectivity index (χ2n) is 4.44. The predicted molar refractivity (Wildman–Crippen MR) is 63.1 cm³/mol. The van der Waals surface area contributed by atoms with E-state index >= 15 is 0 Å². The third-order valence-corrected chi connectivity index (χ3v) is 3.16. The van der Waals surface area contributed by atoms with Gasteiger partial charge >= 0.3 is 6.09 Å². The topological polar surface area (TPSA) is 68.5 Å². The summed E-state index contributed by atoms with van der Waals surface area (Å²) in [5.74, 6) is -0.448. The number of amides is 1. The molecule has 1 saturated heterocycles. The first-order valence-electron chi connectivity index (χ1n) is 5.86. The smallest absolute Gasteiger partial charge is 0.405 e. The number of carbonyl (C=O) groups excluding carboxylic acids is 1. The molecule has 6 heteroatoms. The lowest BCUT2D eigenvalue weighted by Crippen LogP contribution is -2.29. The zero-order valence-corrected chi connectivity index (χ0v) is 10.2. The molecule has 2 N–H and O–H groups in total. The number of halogens is 1. The minimum absolute atomic E-state index is 0.108. The van der Waals surface area contributed by atoms with Gasteiger partial charge in [-0.3, -0.25) is 4.90 Å². The molecule has 1 fully saturated rings. The second kappa shape index (κ2) is 5.30. The summed E-state index contributed by atoms with van der Waals surface area (Å²) in [6, 6.07) is 1.89. The van der Waals surface area contributed by atoms with Crippen LogP contribution in [-0.4, -0.2) is 29.3 Å². The molecule has 2 heterocycles. The molecule has 1 atom stereocenters. The van der Waals surface area contributed by atoms with E-state index < -0.39 is 12.0 Å². The Morgan fingerprint density at radius 2 is 2.50 bits per heavy atom. The van der Waals surface area contributed by atoms with E-state index in [1.807, 2.05) is 4.90 Å². The van der Waals surface area contributed by atoms with E-state index in [4.69, 9.17) is 10.5 Å². The summed E-state index contributed by atoms with van der Waals surface area (Å²) in [7, 11) is 0. The highest BCUT2D eigenvalue weighted by Gasteiger charge is 2.27. The molecule has 1 aromatic heterocycles. The lowest BCUT2D eigenvalue weighted by atomic mass is 10.1. The number of carbonyl (C=O) groups is 1. The predicted octanol–water partition coefficient (Wildman–Crippen LogP) is 1.72. The van der Waals surface area contributed by atoms with Gasteiger partial charge in [-0.1, -0.05) is 0 Å². The number of hydrogen-bond donors (Lipinski definition) is 1. The SMILES string of the molecule is Cc1cc([C@@H]2CCCN2COC(N)=O)cnc1F. The molecule has 18 heavy (non-hydrogen) atoms. The normalized spacial score (nSPS) is 20.0. The Bertz CT molecular complexity index is 453. The van der Waals surface area contributed by atoms with E-state index in [1.165, 1.54) is 6.20 Å². The van der Waals surface area contributed by atoms with Gasteiger partial charge in [-0.15, -0.1) is 0 Å². The first kappa shape index (κ1) is 12.8. The molecule has 5 nitrogen and oxygen atoms in total. The van der Waals surface area contributed by atoms with E-state index in [0.717, 1.165) is 24.9 Å². The van der Waals surface area contributed by atoms with Crippen molar-refractivity contribution in [3.8, 4) is 0 Å². The van der Waals surface area contributed by atoms with Crippen molar-refractivity contribution in [2.24, 2.45) is 5.73 Å². The largest absolute Gasteiger partial charge is 0.434 e. The molecule has 1 aliphatic rings. The highest BCUT2D eigenvalue weighted by Crippen LogP contribution is 2.31. The van der Waals surface area contributed by atoms with Gasteiger partial charge in [0.05, 0.1) is 0 Å². The number of nitrogens with two attached hydrogens (primary N) is 1. The van der Waals surface area contributed by atoms with Crippen LogP contribution in [0, 0.1) is 12.9 Å². The van der Waals surface area contributed by atoms with E-state index in [0.29, 0.717) is 5.56 Å². The van der Waals surface area contributed by atoms with Crippen LogP contribution in [0.3, 0.4) is 0 Å². The minimum Gasteiger partial charge on any atom is -0.434 e. The summed E-state index contributed by atoms with van der Waals surface area (Å²) in [5.41, 5.74) is 6.42. The van der Waals surface area contributed by atoms with Crippen molar-refractivity contribution < 1.29 is 13.9 Å². The fourth-order valence-corrected chi connectivity index (χ4v) is 2.27. The number of ether oxygens (including phenoxy) is 1. The maximum absolute atomic E-state index is 13.1. The zero-order valence-electron chi connectivity index (χ0n) is 10.2. The van der Waals surface area contributed by atoms with Crippen molar-refractivity contribution in [3.05, 3.63) is 29.3 Å². The number of likely N-dealkylation sites (tertiary alicyclic amines) is 1. The van der Waals surface area contributed by atoms with Crippen LogP contribution in [0.5, 0.6) is 0 Å². The van der Waals surface area contributed by atoms with Crippen molar-refractivity contribution in [1.29, 1.82) is 0 Å². The number of pyridine rings is 1. The number of hydrogen-bond acceptors (Lipinski definition) is 4. The third-order valence-electron chi connectivity index (χ3n) is 3.16. The van der Waals surface area contributed by atoms with Crippen molar-refractivity contribution in [1.82, 2.24) is 9.88 Å². The van der Waals surface area contributed by atoms with Crippen molar-refractivity contribution in [3.63, 3.8) is 0 Å². The Morgan fingerprint density at radius 3 is 3.17 bits per heavy atom. The second-order valence-corrected chi connectivity index (χ2v) is 4.44. The molecule has 0 spiro atoms. The van der Waals surface area contributed by atoms with Gasteiger partial charge in [0.15, 0.2) is 0 Å². The Kier molecular flexibility index (Phi) is 3.76. The van der Waals surface area contributed by atoms with E-state index in [9.17, 15) is 9.18 Å². The molecule has 2 rings (SSSR count). The Morgan fingerprint density at radius 1 is 1.72 bits per heavy atom. The number of aromatic nitrogens is 1. The average Bonchev–Trinajstić information content (AvgIpc) is 2.78. The van der Waals surface area contributed by atoms with Crippen molar-refractivity contribution in [2.45, 2.75) is 25.8 Å². The fourth-order valence-electron chi connectivity index (χ4n) is 2.27. The third kappa shape index (κ3) is 2.76. The summed E-state index contributed by atoms with van der Waals surface area (Å²) in [6.45, 7) is 2.68. The molecular weight excluding hydrogens is 237 g/mol. The first-order chi connectivity index (χ1) is 8.58. The monoisotopic (exact) mass is 253 g/mol. The van der Waals surface area contributed by atoms with Crippen LogP contribution in [0.4, 0.5) is 9.18 Å². The van der Waals surface area contributed by atoms with Gasteiger partial charge < -0.3 is 10.5 Å². The fraction of sp³-hybridized carbons (Fsp3) is 0.500. The Labute approximate surface area is 105 Å². The van der Waals surface area contributed by atoms with E-state index in [2.05, 4.69) is 4.98 Å². The number of primary amides is 1. The summed E-state index contributed by atoms with van der Waals surface area (Å²) in [5, 5.41) is 0. The van der Waals surface area contributed by atoms with Gasteiger partial charge in [-0.05, 0) is 31.4 Å². The standard InChI is InChI=1S/C12H16FN3O2/c1-8-5-9(6-15-11(8)13)10-3-2-4-16(10)7-18-12(14)17/h5-6,10H,2-4,7H2,1H3,(H2,14,17)/t10-/m0/s1. The highest BCUT2D eigenvalue weighted by atomic mass is 19.1. The van der Waals surface area contributed by atoms with Crippen LogP contribution in [0.15, 0.2) is 12.3 Å². The molecule has 0 unspecified atom stereocenters. The van der Waals surface area contributed by atoms with Crippen LogP contribution in [0.2, 0.25) is 0 Å². The summed E-state index contributed by atoms with van der Waals surface area (Å²) >= 11 is 0. The van der Waals surface area contributed by atoms with Crippen LogP contribution in [0.25, 0.3) is 0 Å². The molecular formula is C12H16FN3O2. The first-order valence-corrected chi connectivity index (χ1v) is 5.86. The molecule has 1 aliphatic heterocycles. The summed E-state index contributed by atoms with van der Waals surface area (Å²) in [6.07, 6.45) is 2.70. The molecule has 1 amide bonds. The van der Waals surface area contributed by atoms with Gasteiger partial charge in [-0.2, -0.15) is 4.39 Å². The van der Waals surface area contributed by atoms with Gasteiger partial charge in [0.25, 0.3) is 0 Å². The molecule has 1 aromatic rings. The average molecular weight is 253 g/mol. The van der Waals surface area contributed by atoms with Gasteiger partial charge in [0.2, 0.25) is 5.95 Å².